The van der Waals surface area contributed by atoms with Gasteiger partial charge in [-0.3, -0.25) is 0 Å². The van der Waals surface area contributed by atoms with Crippen LogP contribution in [0.25, 0.3) is 38.6 Å². The molecule has 0 aliphatic heterocycles. The average Bonchev–Trinajstić information content (AvgIpc) is 3.34. The van der Waals surface area contributed by atoms with Crippen molar-refractivity contribution in [2.75, 3.05) is 0 Å². The molecule has 0 N–H and O–H groups in total. The fraction of sp³-hybridized carbons (Fsp3) is 0.206. The molecule has 0 spiro atoms. The Labute approximate surface area is 381 Å². The Morgan fingerprint density at radius 1 is 0.381 bits per heavy atom. The number of allylic oxidation sites excluding steroid dienone is 4. The van der Waals surface area contributed by atoms with Crippen molar-refractivity contribution in [1.29, 1.82) is 0 Å². The lowest BCUT2D eigenvalue weighted by Crippen LogP contribution is -1.93. The molecule has 0 heterocycles. The molecule has 1 aliphatic rings. The average molecular weight is 827 g/mol. The maximum absolute atomic E-state index is 2.27. The van der Waals surface area contributed by atoms with Crippen molar-refractivity contribution >= 4 is 16.3 Å². The standard InChI is InChI=1S/C24H20.C15H16.C13H14.C7H8.2C2H6/c1-18-15-16-24(23-14-8-7-12-21(18)23)22-13-6-5-11-20(22)17-19-9-3-2-4-10-19;1-11-8-9-13(3)15(10-11)14-7-5-4-6-12(14)2;1-11-7-9-13(10-8-11)12-5-3-2-4-6-12;1-7-5-3-2-4-6-7;2*1-2/h2-16H,17H2,1H3;4-10H,1-3H3;2-3,5,7-10H,4,6H2,1H3;2-6H,1H3;2*1-2H3. The molecule has 0 nitrogen and oxygen atoms in total. The molecular weight excluding hydrogens is 757 g/mol. The van der Waals surface area contributed by atoms with Gasteiger partial charge in [-0.1, -0.05) is 251 Å². The largest absolute Gasteiger partial charge is 0.0842 e. The van der Waals surface area contributed by atoms with Gasteiger partial charge in [0.2, 0.25) is 0 Å². The van der Waals surface area contributed by atoms with Crippen molar-refractivity contribution in [1.82, 2.24) is 0 Å². The molecule has 8 aromatic carbocycles. The van der Waals surface area contributed by atoms with Crippen LogP contribution in [0.4, 0.5) is 0 Å². The van der Waals surface area contributed by atoms with Crippen molar-refractivity contribution in [2.24, 2.45) is 0 Å². The first-order valence-electron chi connectivity index (χ1n) is 22.9. The Balaban J connectivity index is 0.000000193. The molecule has 0 bridgehead atoms. The molecule has 0 aromatic heterocycles. The molecule has 1 aliphatic carbocycles. The smallest absolute Gasteiger partial charge is 0.00196 e. The van der Waals surface area contributed by atoms with Crippen LogP contribution in [0.2, 0.25) is 0 Å². The SMILES string of the molecule is CC.CC.Cc1ccc(-c2ccccc2Cc2ccccc2)c2ccccc12.Cc1ccc(C)c(-c2ccccc2C)c1.Cc1ccc(C2=CC=CCC2)cc1.Cc1ccccc1. The predicted octanol–water partition coefficient (Wildman–Crippen LogP) is 18.5. The molecule has 8 aromatic rings. The summed E-state index contributed by atoms with van der Waals surface area (Å²) >= 11 is 0. The molecule has 0 fully saturated rings. The molecule has 0 unspecified atom stereocenters. The minimum absolute atomic E-state index is 0.958. The summed E-state index contributed by atoms with van der Waals surface area (Å²) < 4.78 is 0. The van der Waals surface area contributed by atoms with E-state index in [4.69, 9.17) is 0 Å². The topological polar surface area (TPSA) is 0 Å². The van der Waals surface area contributed by atoms with Gasteiger partial charge >= 0.3 is 0 Å². The zero-order chi connectivity index (χ0) is 45.4. The number of hydrogen-bond acceptors (Lipinski definition) is 0. The van der Waals surface area contributed by atoms with Gasteiger partial charge in [0.05, 0.1) is 0 Å². The molecule has 9 rings (SSSR count). The fourth-order valence-corrected chi connectivity index (χ4v) is 7.48. The van der Waals surface area contributed by atoms with Crippen LogP contribution in [0.15, 0.2) is 206 Å². The van der Waals surface area contributed by atoms with Gasteiger partial charge in [-0.15, -0.1) is 0 Å². The van der Waals surface area contributed by atoms with Crippen LogP contribution in [0, 0.1) is 41.5 Å². The van der Waals surface area contributed by atoms with E-state index in [0.717, 1.165) is 6.42 Å². The Bertz CT molecular complexity index is 2600. The third-order valence-corrected chi connectivity index (χ3v) is 10.9. The van der Waals surface area contributed by atoms with Gasteiger partial charge in [0.1, 0.15) is 0 Å². The van der Waals surface area contributed by atoms with Crippen LogP contribution in [0.5, 0.6) is 0 Å². The van der Waals surface area contributed by atoms with Crippen LogP contribution >= 0.6 is 0 Å². The number of fused-ring (bicyclic) bond motifs is 1. The van der Waals surface area contributed by atoms with Gasteiger partial charge in [-0.25, -0.2) is 0 Å². The summed E-state index contributed by atoms with van der Waals surface area (Å²) in [4.78, 5) is 0. The van der Waals surface area contributed by atoms with E-state index in [1.54, 1.807) is 0 Å². The Morgan fingerprint density at radius 3 is 1.52 bits per heavy atom. The lowest BCUT2D eigenvalue weighted by atomic mass is 9.90. The van der Waals surface area contributed by atoms with E-state index in [9.17, 15) is 0 Å². The van der Waals surface area contributed by atoms with Gasteiger partial charge in [-0.05, 0) is 133 Å². The second-order valence-electron chi connectivity index (χ2n) is 15.6. The fourth-order valence-electron chi connectivity index (χ4n) is 7.48. The zero-order valence-electron chi connectivity index (χ0n) is 39.8. The van der Waals surface area contributed by atoms with Gasteiger partial charge in [0.25, 0.3) is 0 Å². The second-order valence-corrected chi connectivity index (χ2v) is 15.6. The summed E-state index contributed by atoms with van der Waals surface area (Å²) in [7, 11) is 0. The molecular formula is C63H70. The molecule has 0 heteroatoms. The maximum Gasteiger partial charge on any atom is -0.00196 e. The molecule has 0 saturated heterocycles. The summed E-state index contributed by atoms with van der Waals surface area (Å²) in [6.45, 7) is 20.9. The van der Waals surface area contributed by atoms with Crippen LogP contribution in [0.1, 0.15) is 90.6 Å². The molecule has 322 valence electrons. The van der Waals surface area contributed by atoms with E-state index >= 15 is 0 Å². The number of hydrogen-bond donors (Lipinski definition) is 0. The van der Waals surface area contributed by atoms with Crippen molar-refractivity contribution in [3.05, 3.63) is 256 Å². The van der Waals surface area contributed by atoms with Crippen LogP contribution in [-0.2, 0) is 6.42 Å². The van der Waals surface area contributed by atoms with Crippen LogP contribution in [-0.4, -0.2) is 0 Å². The van der Waals surface area contributed by atoms with Gasteiger partial charge in [-0.2, -0.15) is 0 Å². The highest BCUT2D eigenvalue weighted by molar-refractivity contribution is 5.99. The van der Waals surface area contributed by atoms with E-state index in [2.05, 4.69) is 230 Å². The maximum atomic E-state index is 2.27. The minimum Gasteiger partial charge on any atom is -0.0842 e. The molecule has 0 atom stereocenters. The van der Waals surface area contributed by atoms with Gasteiger partial charge in [0.15, 0.2) is 0 Å². The third kappa shape index (κ3) is 15.1. The van der Waals surface area contributed by atoms with E-state index in [0.29, 0.717) is 0 Å². The third-order valence-electron chi connectivity index (χ3n) is 10.9. The normalized spacial score (nSPS) is 11.0. The molecule has 63 heavy (non-hydrogen) atoms. The van der Waals surface area contributed by atoms with Gasteiger partial charge < -0.3 is 0 Å². The first-order valence-corrected chi connectivity index (χ1v) is 22.9. The van der Waals surface area contributed by atoms with Crippen LogP contribution < -0.4 is 0 Å². The summed E-state index contributed by atoms with van der Waals surface area (Å²) in [5.74, 6) is 0. The predicted molar refractivity (Wildman–Crippen MR) is 281 cm³/mol. The molecule has 0 saturated carbocycles. The zero-order valence-corrected chi connectivity index (χ0v) is 39.8. The van der Waals surface area contributed by atoms with Crippen molar-refractivity contribution in [3.8, 4) is 22.3 Å². The summed E-state index contributed by atoms with van der Waals surface area (Å²) in [5.41, 5.74) is 18.9. The quantitative estimate of drug-likeness (QED) is 0.162. The Morgan fingerprint density at radius 2 is 0.905 bits per heavy atom. The van der Waals surface area contributed by atoms with Crippen LogP contribution in [0.3, 0.4) is 0 Å². The second kappa shape index (κ2) is 26.8. The highest BCUT2D eigenvalue weighted by Crippen LogP contribution is 2.34. The summed E-state index contributed by atoms with van der Waals surface area (Å²) in [6.07, 6.45) is 9.91. The lowest BCUT2D eigenvalue weighted by molar-refractivity contribution is 1.05. The number of benzene rings is 8. The highest BCUT2D eigenvalue weighted by atomic mass is 14.1. The van der Waals surface area contributed by atoms with Crippen molar-refractivity contribution in [3.63, 3.8) is 0 Å². The van der Waals surface area contributed by atoms with E-state index in [1.807, 2.05) is 45.9 Å². The summed E-state index contributed by atoms with van der Waals surface area (Å²) in [6, 6.07) is 66.8. The number of aryl methyl sites for hydroxylation is 6. The summed E-state index contributed by atoms with van der Waals surface area (Å²) in [5, 5.41) is 2.67. The molecule has 0 radical (unpaired) electrons. The minimum atomic E-state index is 0.958. The lowest BCUT2D eigenvalue weighted by Gasteiger charge is -2.14. The Hall–Kier alpha value is -6.50. The first-order chi connectivity index (χ1) is 30.8. The van der Waals surface area contributed by atoms with Gasteiger partial charge in [0, 0.05) is 0 Å². The highest BCUT2D eigenvalue weighted by Gasteiger charge is 2.10. The van der Waals surface area contributed by atoms with E-state index in [-0.39, 0.29) is 0 Å². The van der Waals surface area contributed by atoms with E-state index in [1.165, 1.54) is 102 Å². The van der Waals surface area contributed by atoms with E-state index < -0.39 is 0 Å². The monoisotopic (exact) mass is 827 g/mol. The molecule has 0 amide bonds. The Kier molecular flexibility index (Phi) is 20.9. The van der Waals surface area contributed by atoms with Crippen molar-refractivity contribution in [2.45, 2.75) is 88.5 Å². The first kappa shape index (κ1) is 49.2. The van der Waals surface area contributed by atoms with Crippen molar-refractivity contribution < 1.29 is 0 Å². The number of rotatable bonds is 5.